The fourth-order valence-corrected chi connectivity index (χ4v) is 2.54. The van der Waals surface area contributed by atoms with E-state index >= 15 is 0 Å². The minimum absolute atomic E-state index is 0.505. The van der Waals surface area contributed by atoms with Crippen molar-refractivity contribution in [3.05, 3.63) is 60.0 Å². The van der Waals surface area contributed by atoms with Crippen LogP contribution in [0.4, 0.5) is 0 Å². The van der Waals surface area contributed by atoms with Gasteiger partial charge < -0.3 is 13.9 Å². The summed E-state index contributed by atoms with van der Waals surface area (Å²) in [4.78, 5) is 0. The lowest BCUT2D eigenvalue weighted by Gasteiger charge is -2.18. The maximum atomic E-state index is 5.76. The molecule has 0 spiro atoms. The Hall–Kier alpha value is -2.82. The molecule has 0 unspecified atom stereocenters. The van der Waals surface area contributed by atoms with Crippen LogP contribution in [0, 0.1) is 0 Å². The Labute approximate surface area is 133 Å². The van der Waals surface area contributed by atoms with E-state index in [0.717, 1.165) is 29.9 Å². The summed E-state index contributed by atoms with van der Waals surface area (Å²) in [5.74, 6) is 2.62. The van der Waals surface area contributed by atoms with Gasteiger partial charge in [0, 0.05) is 12.0 Å². The fraction of sp³-hybridized carbons (Fsp3) is 0.222. The van der Waals surface area contributed by atoms with Crippen LogP contribution in [-0.2, 0) is 12.8 Å². The van der Waals surface area contributed by atoms with E-state index in [4.69, 9.17) is 13.9 Å². The minimum Gasteiger partial charge on any atom is -0.486 e. The Bertz CT molecular complexity index is 799. The highest BCUT2D eigenvalue weighted by Crippen LogP contribution is 2.34. The molecular weight excluding hydrogens is 292 g/mol. The van der Waals surface area contributed by atoms with Crippen molar-refractivity contribution in [1.82, 2.24) is 10.2 Å². The third kappa shape index (κ3) is 3.04. The fourth-order valence-electron chi connectivity index (χ4n) is 2.54. The first-order valence-electron chi connectivity index (χ1n) is 7.65. The van der Waals surface area contributed by atoms with Gasteiger partial charge >= 0.3 is 0 Å². The van der Waals surface area contributed by atoms with Gasteiger partial charge in [-0.15, -0.1) is 10.2 Å². The molecule has 0 fully saturated rings. The van der Waals surface area contributed by atoms with Crippen LogP contribution in [0.3, 0.4) is 0 Å². The van der Waals surface area contributed by atoms with Gasteiger partial charge in [-0.1, -0.05) is 30.3 Å². The van der Waals surface area contributed by atoms with Crippen LogP contribution in [0.25, 0.3) is 11.5 Å². The van der Waals surface area contributed by atoms with Crippen LogP contribution in [0.5, 0.6) is 11.5 Å². The number of benzene rings is 2. The van der Waals surface area contributed by atoms with Gasteiger partial charge in [0.2, 0.25) is 11.8 Å². The first kappa shape index (κ1) is 13.8. The van der Waals surface area contributed by atoms with E-state index in [9.17, 15) is 0 Å². The van der Waals surface area contributed by atoms with Gasteiger partial charge in [-0.25, -0.2) is 0 Å². The molecule has 1 aromatic heterocycles. The zero-order chi connectivity index (χ0) is 15.5. The van der Waals surface area contributed by atoms with Crippen LogP contribution in [0.2, 0.25) is 0 Å². The Balaban J connectivity index is 1.49. The maximum absolute atomic E-state index is 5.76. The summed E-state index contributed by atoms with van der Waals surface area (Å²) in [5.41, 5.74) is 2.10. The molecule has 116 valence electrons. The number of rotatable bonds is 4. The van der Waals surface area contributed by atoms with Gasteiger partial charge in [0.1, 0.15) is 13.2 Å². The Kier molecular flexibility index (Phi) is 3.68. The number of aromatic nitrogens is 2. The summed E-state index contributed by atoms with van der Waals surface area (Å²) in [6.07, 6.45) is 1.60. The predicted octanol–water partition coefficient (Wildman–Crippen LogP) is 3.29. The average molecular weight is 308 g/mol. The predicted molar refractivity (Wildman–Crippen MR) is 84.6 cm³/mol. The Morgan fingerprint density at radius 1 is 0.826 bits per heavy atom. The second kappa shape index (κ2) is 6.12. The Morgan fingerprint density at radius 2 is 1.65 bits per heavy atom. The Morgan fingerprint density at radius 3 is 2.52 bits per heavy atom. The highest BCUT2D eigenvalue weighted by atomic mass is 16.6. The lowest BCUT2D eigenvalue weighted by atomic mass is 10.1. The number of hydrogen-bond acceptors (Lipinski definition) is 5. The smallest absolute Gasteiger partial charge is 0.247 e. The van der Waals surface area contributed by atoms with Gasteiger partial charge in [-0.05, 0) is 30.2 Å². The largest absolute Gasteiger partial charge is 0.486 e. The molecular formula is C18H16N2O3. The summed E-state index contributed by atoms with van der Waals surface area (Å²) in [6, 6.07) is 15.9. The zero-order valence-electron chi connectivity index (χ0n) is 12.6. The summed E-state index contributed by atoms with van der Waals surface area (Å²) in [6.45, 7) is 1.14. The molecule has 0 N–H and O–H groups in total. The van der Waals surface area contributed by atoms with E-state index in [1.54, 1.807) is 0 Å². The molecule has 0 amide bonds. The van der Waals surface area contributed by atoms with Crippen molar-refractivity contribution < 1.29 is 13.9 Å². The average Bonchev–Trinajstić information content (AvgIpc) is 3.09. The number of nitrogens with zero attached hydrogens (tertiary/aromatic N) is 2. The van der Waals surface area contributed by atoms with Gasteiger partial charge in [-0.2, -0.15) is 0 Å². The number of hydrogen-bond donors (Lipinski definition) is 0. The van der Waals surface area contributed by atoms with Crippen molar-refractivity contribution in [1.29, 1.82) is 0 Å². The SMILES string of the molecule is c1ccc(CCc2nnc(-c3ccc4c(c3)OCCO4)o2)cc1. The monoisotopic (exact) mass is 308 g/mol. The van der Waals surface area contributed by atoms with Crippen molar-refractivity contribution in [3.8, 4) is 23.0 Å². The normalized spacial score (nSPS) is 13.0. The second-order valence-corrected chi connectivity index (χ2v) is 5.34. The van der Waals surface area contributed by atoms with Gasteiger partial charge in [0.15, 0.2) is 11.5 Å². The molecule has 3 aromatic rings. The lowest BCUT2D eigenvalue weighted by Crippen LogP contribution is -2.15. The molecule has 23 heavy (non-hydrogen) atoms. The van der Waals surface area contributed by atoms with Crippen LogP contribution in [0.15, 0.2) is 52.9 Å². The van der Waals surface area contributed by atoms with Crippen LogP contribution < -0.4 is 9.47 Å². The molecule has 0 radical (unpaired) electrons. The summed E-state index contributed by atoms with van der Waals surface area (Å²) < 4.78 is 16.9. The minimum atomic E-state index is 0.505. The quantitative estimate of drug-likeness (QED) is 0.740. The molecule has 5 nitrogen and oxygen atoms in total. The van der Waals surface area contributed by atoms with Crippen molar-refractivity contribution in [3.63, 3.8) is 0 Å². The topological polar surface area (TPSA) is 57.4 Å². The van der Waals surface area contributed by atoms with E-state index in [0.29, 0.717) is 25.0 Å². The third-order valence-electron chi connectivity index (χ3n) is 3.73. The molecule has 0 atom stereocenters. The highest BCUT2D eigenvalue weighted by Gasteiger charge is 2.15. The lowest BCUT2D eigenvalue weighted by molar-refractivity contribution is 0.171. The summed E-state index contributed by atoms with van der Waals surface area (Å²) in [7, 11) is 0. The molecule has 5 heteroatoms. The van der Waals surface area contributed by atoms with Gasteiger partial charge in [0.25, 0.3) is 0 Å². The van der Waals surface area contributed by atoms with Crippen molar-refractivity contribution >= 4 is 0 Å². The number of fused-ring (bicyclic) bond motifs is 1. The van der Waals surface area contributed by atoms with E-state index in [-0.39, 0.29) is 0 Å². The highest BCUT2D eigenvalue weighted by molar-refractivity contribution is 5.59. The molecule has 1 aliphatic heterocycles. The molecule has 4 rings (SSSR count). The summed E-state index contributed by atoms with van der Waals surface area (Å²) >= 11 is 0. The van der Waals surface area contributed by atoms with E-state index in [1.165, 1.54) is 5.56 Å². The van der Waals surface area contributed by atoms with E-state index in [2.05, 4.69) is 22.3 Å². The van der Waals surface area contributed by atoms with Crippen molar-refractivity contribution in [2.24, 2.45) is 0 Å². The second-order valence-electron chi connectivity index (χ2n) is 5.34. The van der Waals surface area contributed by atoms with Crippen LogP contribution in [0.1, 0.15) is 11.5 Å². The number of ether oxygens (including phenoxy) is 2. The number of aryl methyl sites for hydroxylation is 2. The molecule has 2 aromatic carbocycles. The molecule has 0 saturated heterocycles. The van der Waals surface area contributed by atoms with Crippen molar-refractivity contribution in [2.75, 3.05) is 13.2 Å². The van der Waals surface area contributed by atoms with Crippen LogP contribution >= 0.6 is 0 Å². The molecule has 0 bridgehead atoms. The van der Waals surface area contributed by atoms with Gasteiger partial charge in [0.05, 0.1) is 0 Å². The molecule has 0 aliphatic carbocycles. The van der Waals surface area contributed by atoms with E-state index in [1.807, 2.05) is 36.4 Å². The van der Waals surface area contributed by atoms with Crippen molar-refractivity contribution in [2.45, 2.75) is 12.8 Å². The van der Waals surface area contributed by atoms with Crippen LogP contribution in [-0.4, -0.2) is 23.4 Å². The first-order valence-corrected chi connectivity index (χ1v) is 7.65. The molecule has 1 aliphatic rings. The van der Waals surface area contributed by atoms with E-state index < -0.39 is 0 Å². The summed E-state index contributed by atoms with van der Waals surface area (Å²) in [5, 5.41) is 8.27. The molecule has 2 heterocycles. The third-order valence-corrected chi connectivity index (χ3v) is 3.73. The van der Waals surface area contributed by atoms with Gasteiger partial charge in [-0.3, -0.25) is 0 Å². The standard InChI is InChI=1S/C18H16N2O3/c1-2-4-13(5-3-1)6-9-17-19-20-18(23-17)14-7-8-15-16(12-14)22-11-10-21-15/h1-5,7-8,12H,6,9-11H2. The zero-order valence-corrected chi connectivity index (χ0v) is 12.6. The maximum Gasteiger partial charge on any atom is 0.247 e. The first-order chi connectivity index (χ1) is 11.4. The molecule has 0 saturated carbocycles.